The van der Waals surface area contributed by atoms with Crippen molar-refractivity contribution in [3.63, 3.8) is 0 Å². The van der Waals surface area contributed by atoms with Gasteiger partial charge in [0.05, 0.1) is 11.0 Å². The molecular weight excluding hydrogens is 1080 g/mol. The van der Waals surface area contributed by atoms with Crippen LogP contribution in [-0.2, 0) is 5.41 Å². The van der Waals surface area contributed by atoms with Crippen LogP contribution in [-0.4, -0.2) is 4.57 Å². The summed E-state index contributed by atoms with van der Waals surface area (Å²) in [5, 5.41) is 15.5. The van der Waals surface area contributed by atoms with Gasteiger partial charge in [-0.05, 0) is 261 Å². The Morgan fingerprint density at radius 1 is 0.211 bits per heavy atom. The highest BCUT2D eigenvalue weighted by Crippen LogP contribution is 2.54. The predicted octanol–water partition coefficient (Wildman–Crippen LogP) is 24.5. The third-order valence-electron chi connectivity index (χ3n) is 20.8. The van der Waals surface area contributed by atoms with Crippen LogP contribution >= 0.6 is 0 Å². The quantitative estimate of drug-likeness (QED) is 0.146. The molecule has 3 aliphatic carbocycles. The molecule has 0 unspecified atom stereocenters. The maximum atomic E-state index is 2.46. The van der Waals surface area contributed by atoms with Gasteiger partial charge in [0, 0.05) is 21.9 Å². The number of rotatable bonds is 6. The molecule has 20 rings (SSSR count). The maximum absolute atomic E-state index is 2.46. The van der Waals surface area contributed by atoms with Gasteiger partial charge in [-0.3, -0.25) is 0 Å². The Hall–Kier alpha value is -11.4. The minimum atomic E-state index is -0.0476. The molecule has 0 N–H and O–H groups in total. The molecule has 0 radical (unpaired) electrons. The van der Waals surface area contributed by atoms with Gasteiger partial charge >= 0.3 is 0 Å². The van der Waals surface area contributed by atoms with Crippen LogP contribution in [0.1, 0.15) is 25.0 Å². The standard InChI is InChI=1S/C89H55N/c1-89(2)83-27-9-8-22-69(83)70-39-33-62(50-84(70)89)56-18-11-16-54(43-56)58-31-37-66-72-25-13-26-74-75-44-57(28-29-63(75)49-81(88(72)74)76(66)45-58)61-35-41-86-80(48-61)79-47-60(34-40-85(79)90(86)64-19-4-3-5-20-64)55-17-10-15-53(42-55)59-32-38-67-71-23-12-24-73-68-36-30-52-14-6-7-21-65(52)78(68)51-82(87(71)73)77(67)46-59/h3-51H,1-2H3. The largest absolute Gasteiger partial charge is 0.309 e. The summed E-state index contributed by atoms with van der Waals surface area (Å²) in [7, 11) is 0. The predicted molar refractivity (Wildman–Crippen MR) is 382 cm³/mol. The first-order chi connectivity index (χ1) is 44.3. The van der Waals surface area contributed by atoms with E-state index >= 15 is 0 Å². The summed E-state index contributed by atoms with van der Waals surface area (Å²) in [5.41, 5.74) is 31.6. The van der Waals surface area contributed by atoms with Crippen LogP contribution in [0.2, 0.25) is 0 Å². The molecule has 0 atom stereocenters. The lowest BCUT2D eigenvalue weighted by Crippen LogP contribution is -2.14. The molecule has 1 aromatic heterocycles. The van der Waals surface area contributed by atoms with Gasteiger partial charge in [0.2, 0.25) is 0 Å². The van der Waals surface area contributed by atoms with E-state index in [1.165, 1.54) is 198 Å². The highest BCUT2D eigenvalue weighted by atomic mass is 15.0. The molecule has 416 valence electrons. The summed E-state index contributed by atoms with van der Waals surface area (Å²) in [6.07, 6.45) is 0. The average Bonchev–Trinajstić information content (AvgIpc) is 1.81. The lowest BCUT2D eigenvalue weighted by atomic mass is 9.81. The van der Waals surface area contributed by atoms with E-state index in [1.54, 1.807) is 0 Å². The van der Waals surface area contributed by atoms with E-state index in [2.05, 4.69) is 316 Å². The molecule has 3 aliphatic rings. The van der Waals surface area contributed by atoms with E-state index in [0.29, 0.717) is 0 Å². The van der Waals surface area contributed by atoms with Crippen LogP contribution in [0.15, 0.2) is 297 Å². The summed E-state index contributed by atoms with van der Waals surface area (Å²) in [6, 6.07) is 113. The number of hydrogen-bond donors (Lipinski definition) is 0. The zero-order valence-electron chi connectivity index (χ0n) is 49.7. The fourth-order valence-corrected chi connectivity index (χ4v) is 16.5. The molecule has 0 spiro atoms. The summed E-state index contributed by atoms with van der Waals surface area (Å²) in [5.74, 6) is 0. The smallest absolute Gasteiger partial charge is 0.0541 e. The molecule has 0 amide bonds. The summed E-state index contributed by atoms with van der Waals surface area (Å²) in [6.45, 7) is 4.73. The molecule has 0 saturated carbocycles. The van der Waals surface area contributed by atoms with E-state index in [9.17, 15) is 0 Å². The van der Waals surface area contributed by atoms with Crippen LogP contribution < -0.4 is 0 Å². The molecule has 1 nitrogen and oxygen atoms in total. The molecule has 0 fully saturated rings. The van der Waals surface area contributed by atoms with Crippen molar-refractivity contribution < 1.29 is 0 Å². The third kappa shape index (κ3) is 7.03. The average molecular weight is 1140 g/mol. The maximum Gasteiger partial charge on any atom is 0.0541 e. The van der Waals surface area contributed by atoms with Crippen LogP contribution in [0.3, 0.4) is 0 Å². The fourth-order valence-electron chi connectivity index (χ4n) is 16.5. The second-order valence-electron chi connectivity index (χ2n) is 25.9. The number of para-hydroxylation sites is 1. The van der Waals surface area contributed by atoms with Crippen LogP contribution in [0.5, 0.6) is 0 Å². The van der Waals surface area contributed by atoms with Gasteiger partial charge in [0.15, 0.2) is 0 Å². The van der Waals surface area contributed by atoms with Crippen molar-refractivity contribution in [3.8, 4) is 117 Å². The highest BCUT2D eigenvalue weighted by molar-refractivity contribution is 6.28. The second kappa shape index (κ2) is 18.3. The van der Waals surface area contributed by atoms with Crippen molar-refractivity contribution in [1.82, 2.24) is 4.57 Å². The monoisotopic (exact) mass is 1140 g/mol. The van der Waals surface area contributed by atoms with Gasteiger partial charge in [-0.15, -0.1) is 0 Å². The Bertz CT molecular complexity index is 6050. The Morgan fingerprint density at radius 3 is 1.32 bits per heavy atom. The first-order valence-electron chi connectivity index (χ1n) is 31.6. The van der Waals surface area contributed by atoms with Gasteiger partial charge in [0.1, 0.15) is 0 Å². The summed E-state index contributed by atoms with van der Waals surface area (Å²) < 4.78 is 2.43. The molecule has 1 heterocycles. The molecule has 17 aromatic rings. The van der Waals surface area contributed by atoms with E-state index < -0.39 is 0 Å². The summed E-state index contributed by atoms with van der Waals surface area (Å²) >= 11 is 0. The Labute approximate surface area is 521 Å². The number of fused-ring (bicyclic) bond motifs is 18. The van der Waals surface area contributed by atoms with Crippen molar-refractivity contribution >= 4 is 75.7 Å². The first-order valence-corrected chi connectivity index (χ1v) is 31.6. The van der Waals surface area contributed by atoms with Gasteiger partial charge in [-0.2, -0.15) is 0 Å². The van der Waals surface area contributed by atoms with Gasteiger partial charge in [-0.25, -0.2) is 0 Å². The zero-order chi connectivity index (χ0) is 59.1. The fraction of sp³-hybridized carbons (Fsp3) is 0.0337. The molecule has 16 aromatic carbocycles. The van der Waals surface area contributed by atoms with Crippen LogP contribution in [0.4, 0.5) is 0 Å². The number of nitrogens with zero attached hydrogens (tertiary/aromatic N) is 1. The van der Waals surface area contributed by atoms with Gasteiger partial charge < -0.3 is 4.57 Å². The van der Waals surface area contributed by atoms with Crippen molar-refractivity contribution in [3.05, 3.63) is 308 Å². The SMILES string of the molecule is CC1(C)c2ccccc2-c2ccc(-c3cccc(-c4ccc5c(c4)-c4cc6ccc(-c7ccc8c(c7)c7cc(-c9cccc(-c%10ccc%11c(c%10)-c%10cc%12c%13ccccc%13ccc%12c%12cccc-%11c%10%12)c9)ccc7n8-c7ccccc7)cc6c6cccc-5c46)c3)cc21. The van der Waals surface area contributed by atoms with Crippen molar-refractivity contribution in [1.29, 1.82) is 0 Å². The third-order valence-corrected chi connectivity index (χ3v) is 20.8. The zero-order valence-corrected chi connectivity index (χ0v) is 49.7. The molecule has 0 bridgehead atoms. The summed E-state index contributed by atoms with van der Waals surface area (Å²) in [4.78, 5) is 0. The van der Waals surface area contributed by atoms with Crippen molar-refractivity contribution in [2.45, 2.75) is 19.3 Å². The Kier molecular flexibility index (Phi) is 10.1. The van der Waals surface area contributed by atoms with E-state index in [-0.39, 0.29) is 5.41 Å². The van der Waals surface area contributed by atoms with E-state index in [1.807, 2.05) is 0 Å². The number of hydrogen-bond acceptors (Lipinski definition) is 0. The van der Waals surface area contributed by atoms with Crippen LogP contribution in [0.25, 0.3) is 193 Å². The molecule has 0 aliphatic heterocycles. The topological polar surface area (TPSA) is 4.93 Å². The minimum absolute atomic E-state index is 0.0476. The molecule has 90 heavy (non-hydrogen) atoms. The minimum Gasteiger partial charge on any atom is -0.309 e. The lowest BCUT2D eigenvalue weighted by Gasteiger charge is -2.22. The number of aromatic nitrogens is 1. The lowest BCUT2D eigenvalue weighted by molar-refractivity contribution is 0.660. The molecule has 1 heteroatoms. The van der Waals surface area contributed by atoms with Crippen LogP contribution in [0, 0.1) is 0 Å². The molecule has 0 saturated heterocycles. The van der Waals surface area contributed by atoms with Gasteiger partial charge in [0.25, 0.3) is 0 Å². The first kappa shape index (κ1) is 49.7. The Balaban J connectivity index is 0.659. The van der Waals surface area contributed by atoms with Gasteiger partial charge in [-0.1, -0.05) is 226 Å². The highest BCUT2D eigenvalue weighted by Gasteiger charge is 2.35. The van der Waals surface area contributed by atoms with E-state index in [0.717, 1.165) is 5.69 Å². The Morgan fingerprint density at radius 2 is 0.667 bits per heavy atom. The normalized spacial score (nSPS) is 13.1. The van der Waals surface area contributed by atoms with E-state index in [4.69, 9.17) is 0 Å². The molecular formula is C89H55N. The second-order valence-corrected chi connectivity index (χ2v) is 25.9. The number of benzene rings is 16. The van der Waals surface area contributed by atoms with Crippen molar-refractivity contribution in [2.75, 3.05) is 0 Å². The van der Waals surface area contributed by atoms with Crippen molar-refractivity contribution in [2.24, 2.45) is 0 Å².